The van der Waals surface area contributed by atoms with Crippen molar-refractivity contribution >= 4 is 55.5 Å². The molecule has 2 heterocycles. The van der Waals surface area contributed by atoms with Crippen molar-refractivity contribution < 1.29 is 19.6 Å². The lowest BCUT2D eigenvalue weighted by Gasteiger charge is -2.23. The molecule has 1 atom stereocenters. The average molecular weight is 486 g/mol. The fourth-order valence-electron chi connectivity index (χ4n) is 3.22. The fourth-order valence-corrected chi connectivity index (χ4v) is 4.15. The van der Waals surface area contributed by atoms with E-state index in [1.54, 1.807) is 29.6 Å². The largest absolute Gasteiger partial charge is 0.507 e. The maximum atomic E-state index is 12.9. The summed E-state index contributed by atoms with van der Waals surface area (Å²) in [5.41, 5.74) is 0.543. The van der Waals surface area contributed by atoms with Crippen LogP contribution < -0.4 is 4.90 Å². The van der Waals surface area contributed by atoms with Gasteiger partial charge in [-0.1, -0.05) is 28.1 Å². The summed E-state index contributed by atoms with van der Waals surface area (Å²) in [6, 6.07) is 11.2. The van der Waals surface area contributed by atoms with Crippen LogP contribution in [0.2, 0.25) is 0 Å². The molecule has 1 saturated heterocycles. The van der Waals surface area contributed by atoms with Gasteiger partial charge in [-0.15, -0.1) is 11.3 Å². The smallest absolute Gasteiger partial charge is 0.301 e. The van der Waals surface area contributed by atoms with Crippen molar-refractivity contribution in [1.82, 2.24) is 4.98 Å². The second kappa shape index (κ2) is 7.81. The lowest BCUT2D eigenvalue weighted by atomic mass is 9.95. The zero-order valence-electron chi connectivity index (χ0n) is 15.1. The van der Waals surface area contributed by atoms with Crippen LogP contribution >= 0.6 is 27.3 Å². The Morgan fingerprint density at radius 1 is 1.13 bits per heavy atom. The number of nitro benzene ring substituents is 1. The molecule has 0 bridgehead atoms. The number of aliphatic hydroxyl groups is 1. The molecular weight excluding hydrogens is 474 g/mol. The summed E-state index contributed by atoms with van der Waals surface area (Å²) in [7, 11) is 0. The molecule has 1 fully saturated rings. The summed E-state index contributed by atoms with van der Waals surface area (Å²) < 4.78 is 0.813. The summed E-state index contributed by atoms with van der Waals surface area (Å²) in [6.45, 7) is 0. The molecule has 1 aromatic heterocycles. The Morgan fingerprint density at radius 3 is 2.37 bits per heavy atom. The number of amides is 1. The zero-order chi connectivity index (χ0) is 21.4. The van der Waals surface area contributed by atoms with E-state index >= 15 is 0 Å². The Balaban J connectivity index is 1.90. The number of nitrogens with zero attached hydrogens (tertiary/aromatic N) is 3. The van der Waals surface area contributed by atoms with Crippen LogP contribution in [0, 0.1) is 10.1 Å². The van der Waals surface area contributed by atoms with Crippen LogP contribution in [-0.2, 0) is 9.59 Å². The Morgan fingerprint density at radius 2 is 1.80 bits per heavy atom. The first-order chi connectivity index (χ1) is 14.4. The zero-order valence-corrected chi connectivity index (χ0v) is 17.5. The van der Waals surface area contributed by atoms with E-state index in [1.165, 1.54) is 46.7 Å². The minimum Gasteiger partial charge on any atom is -0.507 e. The van der Waals surface area contributed by atoms with Crippen molar-refractivity contribution in [3.63, 3.8) is 0 Å². The molecule has 0 unspecified atom stereocenters. The molecule has 0 spiro atoms. The van der Waals surface area contributed by atoms with Crippen molar-refractivity contribution in [2.75, 3.05) is 4.90 Å². The first kappa shape index (κ1) is 19.9. The standard InChI is InChI=1S/C20H12BrN3O5S/c21-13-5-1-11(2-6-13)16-15(17(25)12-3-7-14(8-4-12)24(28)29)18(26)19(27)23(16)20-22-9-10-30-20/h1-10,16,25H/b17-15+/t16-/m1/s1. The van der Waals surface area contributed by atoms with Crippen LogP contribution in [0.5, 0.6) is 0 Å². The molecule has 1 aliphatic rings. The maximum Gasteiger partial charge on any atom is 0.301 e. The van der Waals surface area contributed by atoms with Crippen molar-refractivity contribution in [2.45, 2.75) is 6.04 Å². The van der Waals surface area contributed by atoms with Crippen molar-refractivity contribution in [3.05, 3.63) is 91.4 Å². The van der Waals surface area contributed by atoms with Gasteiger partial charge >= 0.3 is 5.91 Å². The molecule has 4 rings (SSSR count). The van der Waals surface area contributed by atoms with E-state index in [4.69, 9.17) is 0 Å². The minimum atomic E-state index is -0.889. The van der Waals surface area contributed by atoms with Gasteiger partial charge in [0.25, 0.3) is 11.5 Å². The van der Waals surface area contributed by atoms with Crippen molar-refractivity contribution in [2.24, 2.45) is 0 Å². The van der Waals surface area contributed by atoms with Gasteiger partial charge in [0.05, 0.1) is 16.5 Å². The second-order valence-electron chi connectivity index (χ2n) is 6.34. The average Bonchev–Trinajstić information content (AvgIpc) is 3.35. The number of hydrogen-bond acceptors (Lipinski definition) is 7. The third-order valence-corrected chi connectivity index (χ3v) is 5.91. The van der Waals surface area contributed by atoms with Gasteiger partial charge in [-0.3, -0.25) is 24.6 Å². The number of halogens is 1. The van der Waals surface area contributed by atoms with E-state index < -0.39 is 28.4 Å². The van der Waals surface area contributed by atoms with Gasteiger partial charge in [0, 0.05) is 33.7 Å². The first-order valence-corrected chi connectivity index (χ1v) is 10.3. The molecule has 1 aliphatic heterocycles. The Hall–Kier alpha value is -3.37. The number of thiazole rings is 1. The number of nitro groups is 1. The number of Topliss-reactive ketones (excluding diaryl/α,β-unsaturated/α-hetero) is 1. The maximum absolute atomic E-state index is 12.9. The molecule has 0 saturated carbocycles. The van der Waals surface area contributed by atoms with Crippen LogP contribution in [0.3, 0.4) is 0 Å². The van der Waals surface area contributed by atoms with E-state index in [0.29, 0.717) is 10.7 Å². The molecular formula is C20H12BrN3O5S. The molecule has 1 amide bonds. The topological polar surface area (TPSA) is 114 Å². The van der Waals surface area contributed by atoms with Crippen LogP contribution in [0.1, 0.15) is 17.2 Å². The number of non-ortho nitro benzene ring substituents is 1. The molecule has 0 radical (unpaired) electrons. The van der Waals surface area contributed by atoms with E-state index in [-0.39, 0.29) is 16.8 Å². The highest BCUT2D eigenvalue weighted by Crippen LogP contribution is 2.42. The lowest BCUT2D eigenvalue weighted by Crippen LogP contribution is -2.29. The van der Waals surface area contributed by atoms with E-state index in [0.717, 1.165) is 4.47 Å². The number of aliphatic hydroxyl groups excluding tert-OH is 1. The van der Waals surface area contributed by atoms with Crippen LogP contribution in [0.15, 0.2) is 70.2 Å². The van der Waals surface area contributed by atoms with Gasteiger partial charge in [-0.2, -0.15) is 0 Å². The summed E-state index contributed by atoms with van der Waals surface area (Å²) in [6.07, 6.45) is 1.52. The number of carbonyl (C=O) groups excluding carboxylic acids is 2. The van der Waals surface area contributed by atoms with Gasteiger partial charge in [0.2, 0.25) is 0 Å². The molecule has 1 N–H and O–H groups in total. The quantitative estimate of drug-likeness (QED) is 0.192. The summed E-state index contributed by atoms with van der Waals surface area (Å²) in [5.74, 6) is -2.06. The molecule has 2 aromatic carbocycles. The number of aromatic nitrogens is 1. The second-order valence-corrected chi connectivity index (χ2v) is 8.13. The number of ketones is 1. The third kappa shape index (κ3) is 3.40. The summed E-state index contributed by atoms with van der Waals surface area (Å²) in [4.78, 5) is 41.5. The Bertz CT molecular complexity index is 1170. The van der Waals surface area contributed by atoms with E-state index in [9.17, 15) is 24.8 Å². The number of rotatable bonds is 4. The van der Waals surface area contributed by atoms with E-state index in [2.05, 4.69) is 20.9 Å². The minimum absolute atomic E-state index is 0.105. The van der Waals surface area contributed by atoms with Gasteiger partial charge in [-0.25, -0.2) is 4.98 Å². The first-order valence-electron chi connectivity index (χ1n) is 8.59. The summed E-state index contributed by atoms with van der Waals surface area (Å²) in [5, 5.41) is 23.8. The lowest BCUT2D eigenvalue weighted by molar-refractivity contribution is -0.384. The number of anilines is 1. The SMILES string of the molecule is O=C1C(=O)N(c2nccs2)[C@H](c2ccc(Br)cc2)/C1=C(\O)c1ccc([N+](=O)[O-])cc1. The van der Waals surface area contributed by atoms with Crippen molar-refractivity contribution in [3.8, 4) is 0 Å². The van der Waals surface area contributed by atoms with Gasteiger partial charge in [-0.05, 0) is 29.8 Å². The Kier molecular flexibility index (Phi) is 5.18. The summed E-state index contributed by atoms with van der Waals surface area (Å²) >= 11 is 4.55. The highest BCUT2D eigenvalue weighted by Gasteiger charge is 2.47. The molecule has 3 aromatic rings. The molecule has 150 valence electrons. The number of benzene rings is 2. The third-order valence-electron chi connectivity index (χ3n) is 4.61. The highest BCUT2D eigenvalue weighted by molar-refractivity contribution is 9.10. The molecule has 30 heavy (non-hydrogen) atoms. The highest BCUT2D eigenvalue weighted by atomic mass is 79.9. The van der Waals surface area contributed by atoms with Crippen LogP contribution in [0.4, 0.5) is 10.8 Å². The predicted octanol–water partition coefficient (Wildman–Crippen LogP) is 4.44. The molecule has 10 heteroatoms. The van der Waals surface area contributed by atoms with Crippen LogP contribution in [-0.4, -0.2) is 26.7 Å². The normalized spacial score (nSPS) is 18.0. The van der Waals surface area contributed by atoms with Gasteiger partial charge in [0.1, 0.15) is 5.76 Å². The Labute approximate surface area is 182 Å². The van der Waals surface area contributed by atoms with Crippen molar-refractivity contribution in [1.29, 1.82) is 0 Å². The molecule has 8 nitrogen and oxygen atoms in total. The monoisotopic (exact) mass is 485 g/mol. The van der Waals surface area contributed by atoms with Gasteiger partial charge in [0.15, 0.2) is 5.13 Å². The number of hydrogen-bond donors (Lipinski definition) is 1. The van der Waals surface area contributed by atoms with Crippen LogP contribution in [0.25, 0.3) is 5.76 Å². The van der Waals surface area contributed by atoms with Gasteiger partial charge < -0.3 is 5.11 Å². The van der Waals surface area contributed by atoms with E-state index in [1.807, 2.05) is 0 Å². The molecule has 0 aliphatic carbocycles. The predicted molar refractivity (Wildman–Crippen MR) is 114 cm³/mol. The number of carbonyl (C=O) groups is 2. The fraction of sp³-hybridized carbons (Fsp3) is 0.0500.